The minimum absolute atomic E-state index is 0.0306. The van der Waals surface area contributed by atoms with Gasteiger partial charge in [-0.1, -0.05) is 36.7 Å². The molecule has 0 bridgehead atoms. The Balaban J connectivity index is 1.86. The summed E-state index contributed by atoms with van der Waals surface area (Å²) in [5.74, 6) is -0.684. The van der Waals surface area contributed by atoms with E-state index in [2.05, 4.69) is 15.6 Å². The van der Waals surface area contributed by atoms with Gasteiger partial charge >= 0.3 is 0 Å². The first-order valence-corrected chi connectivity index (χ1v) is 11.0. The van der Waals surface area contributed by atoms with Crippen LogP contribution in [0.2, 0.25) is 5.02 Å². The van der Waals surface area contributed by atoms with Crippen molar-refractivity contribution in [1.82, 2.24) is 10.3 Å². The zero-order valence-corrected chi connectivity index (χ0v) is 19.5. The number of aryl methyl sites for hydroxylation is 1. The fourth-order valence-electron chi connectivity index (χ4n) is 3.43. The van der Waals surface area contributed by atoms with Crippen LogP contribution in [-0.2, 0) is 11.2 Å². The Morgan fingerprint density at radius 3 is 2.58 bits per heavy atom. The number of amides is 2. The van der Waals surface area contributed by atoms with Gasteiger partial charge in [0.1, 0.15) is 5.82 Å². The summed E-state index contributed by atoms with van der Waals surface area (Å²) in [5.41, 5.74) is 9.74. The minimum Gasteiger partial charge on any atom is -0.383 e. The molecule has 2 amide bonds. The summed E-state index contributed by atoms with van der Waals surface area (Å²) in [5, 5.41) is 16.4. The van der Waals surface area contributed by atoms with E-state index in [1.165, 1.54) is 0 Å². The van der Waals surface area contributed by atoms with Crippen LogP contribution < -0.4 is 16.4 Å². The monoisotopic (exact) mass is 466 g/mol. The van der Waals surface area contributed by atoms with Crippen molar-refractivity contribution in [3.63, 3.8) is 0 Å². The standard InChI is InChI=1S/C25H27ClN4O3/c1-4-15-11-19(30-25(33)22(31)16-6-5-7-18(26)10-16)8-9-20(15)17-12-21(23(27)28-13-17)24(32)29-14(2)3/h5-14,22,31H,4H2,1-3H3,(H2,27,28)(H,29,32)(H,30,33)/t22-/m1/s1. The number of benzene rings is 2. The molecule has 33 heavy (non-hydrogen) atoms. The van der Waals surface area contributed by atoms with E-state index in [9.17, 15) is 14.7 Å². The number of rotatable bonds is 7. The smallest absolute Gasteiger partial charge is 0.257 e. The SMILES string of the molecule is CCc1cc(NC(=O)[C@H](O)c2cccc(Cl)c2)ccc1-c1cnc(N)c(C(=O)NC(C)C)c1. The van der Waals surface area contributed by atoms with E-state index in [4.69, 9.17) is 17.3 Å². The molecule has 1 aromatic heterocycles. The molecule has 1 atom stereocenters. The zero-order chi connectivity index (χ0) is 24.1. The van der Waals surface area contributed by atoms with Crippen molar-refractivity contribution in [3.05, 3.63) is 76.4 Å². The lowest BCUT2D eigenvalue weighted by Gasteiger charge is -2.15. The van der Waals surface area contributed by atoms with E-state index in [0.717, 1.165) is 16.7 Å². The third-order valence-corrected chi connectivity index (χ3v) is 5.30. The first-order chi connectivity index (χ1) is 15.7. The molecule has 1 heterocycles. The number of nitrogen functional groups attached to an aromatic ring is 1. The molecule has 3 rings (SSSR count). The van der Waals surface area contributed by atoms with Crippen LogP contribution in [0.4, 0.5) is 11.5 Å². The number of carbonyl (C=O) groups is 2. The predicted molar refractivity (Wildman–Crippen MR) is 131 cm³/mol. The van der Waals surface area contributed by atoms with E-state index in [0.29, 0.717) is 28.3 Å². The van der Waals surface area contributed by atoms with Crippen LogP contribution in [-0.4, -0.2) is 27.9 Å². The summed E-state index contributed by atoms with van der Waals surface area (Å²) in [4.78, 5) is 29.2. The summed E-state index contributed by atoms with van der Waals surface area (Å²) in [6.07, 6.45) is 0.946. The summed E-state index contributed by atoms with van der Waals surface area (Å²) in [7, 11) is 0. The molecule has 7 nitrogen and oxygen atoms in total. The number of nitrogens with zero attached hydrogens (tertiary/aromatic N) is 1. The van der Waals surface area contributed by atoms with Crippen molar-refractivity contribution in [2.24, 2.45) is 0 Å². The highest BCUT2D eigenvalue weighted by molar-refractivity contribution is 6.30. The van der Waals surface area contributed by atoms with Gasteiger partial charge in [-0.2, -0.15) is 0 Å². The van der Waals surface area contributed by atoms with Crippen LogP contribution in [0.5, 0.6) is 0 Å². The first kappa shape index (κ1) is 24.2. The molecule has 0 aliphatic carbocycles. The molecule has 0 spiro atoms. The zero-order valence-electron chi connectivity index (χ0n) is 18.7. The maximum Gasteiger partial charge on any atom is 0.257 e. The minimum atomic E-state index is -1.35. The first-order valence-electron chi connectivity index (χ1n) is 10.6. The third kappa shape index (κ3) is 5.88. The molecule has 172 valence electrons. The molecule has 0 aliphatic rings. The second-order valence-corrected chi connectivity index (χ2v) is 8.39. The molecule has 8 heteroatoms. The fourth-order valence-corrected chi connectivity index (χ4v) is 3.63. The number of aliphatic hydroxyl groups excluding tert-OH is 1. The van der Waals surface area contributed by atoms with Gasteiger partial charge in [0.2, 0.25) is 0 Å². The van der Waals surface area contributed by atoms with E-state index < -0.39 is 12.0 Å². The van der Waals surface area contributed by atoms with Crippen LogP contribution in [0.25, 0.3) is 11.1 Å². The number of aliphatic hydroxyl groups is 1. The van der Waals surface area contributed by atoms with Crippen molar-refractivity contribution in [1.29, 1.82) is 0 Å². The second-order valence-electron chi connectivity index (χ2n) is 7.96. The lowest BCUT2D eigenvalue weighted by atomic mass is 9.97. The number of hydrogen-bond donors (Lipinski definition) is 4. The lowest BCUT2D eigenvalue weighted by molar-refractivity contribution is -0.124. The topological polar surface area (TPSA) is 117 Å². The number of halogens is 1. The average Bonchev–Trinajstić information content (AvgIpc) is 2.78. The highest BCUT2D eigenvalue weighted by Crippen LogP contribution is 2.29. The Morgan fingerprint density at radius 1 is 1.15 bits per heavy atom. The lowest BCUT2D eigenvalue weighted by Crippen LogP contribution is -2.30. The maximum atomic E-state index is 12.6. The van der Waals surface area contributed by atoms with Crippen molar-refractivity contribution in [3.8, 4) is 11.1 Å². The van der Waals surface area contributed by atoms with Crippen molar-refractivity contribution >= 4 is 34.9 Å². The van der Waals surface area contributed by atoms with Crippen LogP contribution >= 0.6 is 11.6 Å². The average molecular weight is 467 g/mol. The number of anilines is 2. The quantitative estimate of drug-likeness (QED) is 0.412. The number of nitrogens with two attached hydrogens (primary N) is 1. The molecule has 0 saturated carbocycles. The summed E-state index contributed by atoms with van der Waals surface area (Å²) in [6.45, 7) is 5.73. The molecule has 2 aromatic carbocycles. The number of pyridine rings is 1. The summed E-state index contributed by atoms with van der Waals surface area (Å²) >= 11 is 5.95. The molecule has 0 radical (unpaired) electrons. The van der Waals surface area contributed by atoms with Gasteiger partial charge in [0.15, 0.2) is 6.10 Å². The van der Waals surface area contributed by atoms with Crippen molar-refractivity contribution in [2.75, 3.05) is 11.1 Å². The van der Waals surface area contributed by atoms with E-state index in [1.807, 2.05) is 32.9 Å². The number of nitrogens with one attached hydrogen (secondary N) is 2. The number of hydrogen-bond acceptors (Lipinski definition) is 5. The predicted octanol–water partition coefficient (Wildman–Crippen LogP) is 4.36. The summed E-state index contributed by atoms with van der Waals surface area (Å²) in [6, 6.07) is 13.6. The Morgan fingerprint density at radius 2 is 1.91 bits per heavy atom. The van der Waals surface area contributed by atoms with Crippen LogP contribution in [0.1, 0.15) is 48.4 Å². The Kier molecular flexibility index (Phi) is 7.68. The van der Waals surface area contributed by atoms with Gasteiger partial charge in [0, 0.05) is 28.5 Å². The molecule has 0 aliphatic heterocycles. The van der Waals surface area contributed by atoms with E-state index >= 15 is 0 Å². The molecular weight excluding hydrogens is 440 g/mol. The highest BCUT2D eigenvalue weighted by Gasteiger charge is 2.19. The van der Waals surface area contributed by atoms with Gasteiger partial charge in [-0.25, -0.2) is 4.98 Å². The van der Waals surface area contributed by atoms with Crippen molar-refractivity contribution in [2.45, 2.75) is 39.3 Å². The Hall–Kier alpha value is -3.42. The van der Waals surface area contributed by atoms with Gasteiger partial charge < -0.3 is 21.5 Å². The van der Waals surface area contributed by atoms with Gasteiger partial charge in [0.25, 0.3) is 11.8 Å². The Bertz CT molecular complexity index is 1180. The normalized spacial score (nSPS) is 11.8. The molecule has 0 fully saturated rings. The van der Waals surface area contributed by atoms with Crippen LogP contribution in [0, 0.1) is 0 Å². The largest absolute Gasteiger partial charge is 0.383 e. The molecule has 0 unspecified atom stereocenters. The van der Waals surface area contributed by atoms with E-state index in [-0.39, 0.29) is 17.8 Å². The van der Waals surface area contributed by atoms with Gasteiger partial charge in [-0.3, -0.25) is 9.59 Å². The maximum absolute atomic E-state index is 12.6. The molecule has 0 saturated heterocycles. The fraction of sp³-hybridized carbons (Fsp3) is 0.240. The van der Waals surface area contributed by atoms with Crippen molar-refractivity contribution < 1.29 is 14.7 Å². The summed E-state index contributed by atoms with van der Waals surface area (Å²) < 4.78 is 0. The number of carbonyl (C=O) groups excluding carboxylic acids is 2. The van der Waals surface area contributed by atoms with Gasteiger partial charge in [-0.15, -0.1) is 0 Å². The molecule has 3 aromatic rings. The van der Waals surface area contributed by atoms with Crippen LogP contribution in [0.3, 0.4) is 0 Å². The van der Waals surface area contributed by atoms with Gasteiger partial charge in [-0.05, 0) is 67.3 Å². The second kappa shape index (κ2) is 10.5. The molecular formula is C25H27ClN4O3. The third-order valence-electron chi connectivity index (χ3n) is 5.06. The van der Waals surface area contributed by atoms with Crippen LogP contribution in [0.15, 0.2) is 54.7 Å². The van der Waals surface area contributed by atoms with Gasteiger partial charge in [0.05, 0.1) is 5.56 Å². The molecule has 5 N–H and O–H groups in total. The van der Waals surface area contributed by atoms with E-state index in [1.54, 1.807) is 42.6 Å². The number of aromatic nitrogens is 1. The highest BCUT2D eigenvalue weighted by atomic mass is 35.5. The Labute approximate surface area is 198 Å².